The fourth-order valence-corrected chi connectivity index (χ4v) is 4.22. The Balaban J connectivity index is 1.42. The zero-order valence-electron chi connectivity index (χ0n) is 17.4. The van der Waals surface area contributed by atoms with E-state index < -0.39 is 36.0 Å². The Morgan fingerprint density at radius 3 is 2.28 bits per heavy atom. The third kappa shape index (κ3) is 3.89. The normalized spacial score (nSPS) is 17.8. The van der Waals surface area contributed by atoms with Crippen LogP contribution in [0.4, 0.5) is 4.79 Å². The Morgan fingerprint density at radius 1 is 1.12 bits per heavy atom. The summed E-state index contributed by atoms with van der Waals surface area (Å²) in [4.78, 5) is 48.1. The number of ether oxygens (including phenoxy) is 1. The number of benzene rings is 2. The van der Waals surface area contributed by atoms with Crippen LogP contribution in [-0.4, -0.2) is 52.7 Å². The van der Waals surface area contributed by atoms with Crippen molar-refractivity contribution in [2.45, 2.75) is 37.8 Å². The highest BCUT2D eigenvalue weighted by Gasteiger charge is 2.41. The predicted octanol–water partition coefficient (Wildman–Crippen LogP) is 2.02. The Bertz CT molecular complexity index is 1040. The number of carboxylic acid groups (broad SMARTS) is 1. The van der Waals surface area contributed by atoms with Gasteiger partial charge in [-0.05, 0) is 28.7 Å². The van der Waals surface area contributed by atoms with Gasteiger partial charge in [0.15, 0.2) is 6.04 Å². The van der Waals surface area contributed by atoms with E-state index in [-0.39, 0.29) is 25.4 Å². The molecule has 2 aromatic carbocycles. The van der Waals surface area contributed by atoms with Gasteiger partial charge in [-0.1, -0.05) is 55.5 Å². The van der Waals surface area contributed by atoms with Crippen LogP contribution < -0.4 is 10.7 Å². The molecule has 0 spiro atoms. The molecular formula is C23H23N3O6. The van der Waals surface area contributed by atoms with Crippen molar-refractivity contribution in [1.82, 2.24) is 15.8 Å². The van der Waals surface area contributed by atoms with Crippen LogP contribution in [0.15, 0.2) is 48.5 Å². The smallest absolute Gasteiger partial charge is 0.407 e. The molecule has 1 aliphatic heterocycles. The van der Waals surface area contributed by atoms with Gasteiger partial charge in [-0.2, -0.15) is 0 Å². The minimum absolute atomic E-state index is 0.0860. The van der Waals surface area contributed by atoms with Gasteiger partial charge in [0, 0.05) is 5.92 Å². The number of hydrazine groups is 1. The van der Waals surface area contributed by atoms with Crippen molar-refractivity contribution in [2.24, 2.45) is 0 Å². The molecule has 0 bridgehead atoms. The number of alkyl carbamates (subject to hydrolysis) is 1. The molecule has 0 saturated carbocycles. The first-order valence-electron chi connectivity index (χ1n) is 10.4. The lowest BCUT2D eigenvalue weighted by Crippen LogP contribution is -2.55. The van der Waals surface area contributed by atoms with Gasteiger partial charge < -0.3 is 15.2 Å². The molecule has 32 heavy (non-hydrogen) atoms. The average Bonchev–Trinajstić information content (AvgIpc) is 3.34. The highest BCUT2D eigenvalue weighted by molar-refractivity contribution is 5.96. The van der Waals surface area contributed by atoms with E-state index in [1.807, 2.05) is 48.5 Å². The van der Waals surface area contributed by atoms with Crippen LogP contribution in [0.25, 0.3) is 11.1 Å². The predicted molar refractivity (Wildman–Crippen MR) is 113 cm³/mol. The van der Waals surface area contributed by atoms with Crippen molar-refractivity contribution < 1.29 is 29.0 Å². The number of aliphatic carboxylic acids is 1. The number of fused-ring (bicyclic) bond motifs is 3. The van der Waals surface area contributed by atoms with E-state index in [2.05, 4.69) is 10.7 Å². The van der Waals surface area contributed by atoms with E-state index in [1.54, 1.807) is 6.92 Å². The molecule has 0 aromatic heterocycles. The van der Waals surface area contributed by atoms with Gasteiger partial charge in [0.1, 0.15) is 12.6 Å². The van der Waals surface area contributed by atoms with Crippen LogP contribution in [0.2, 0.25) is 0 Å². The fourth-order valence-electron chi connectivity index (χ4n) is 4.22. The van der Waals surface area contributed by atoms with E-state index in [0.717, 1.165) is 27.3 Å². The van der Waals surface area contributed by atoms with Gasteiger partial charge in [0.25, 0.3) is 5.91 Å². The van der Waals surface area contributed by atoms with Gasteiger partial charge >= 0.3 is 12.1 Å². The monoisotopic (exact) mass is 437 g/mol. The summed E-state index contributed by atoms with van der Waals surface area (Å²) >= 11 is 0. The second-order valence-corrected chi connectivity index (χ2v) is 7.73. The summed E-state index contributed by atoms with van der Waals surface area (Å²) < 4.78 is 5.46. The number of carbonyl (C=O) groups is 4. The molecule has 9 heteroatoms. The summed E-state index contributed by atoms with van der Waals surface area (Å²) in [5, 5.41) is 12.5. The van der Waals surface area contributed by atoms with Crippen molar-refractivity contribution >= 4 is 23.9 Å². The number of hydrogen-bond acceptors (Lipinski definition) is 5. The van der Waals surface area contributed by atoms with Crippen LogP contribution in [0.3, 0.4) is 0 Å². The Hall–Kier alpha value is -3.88. The van der Waals surface area contributed by atoms with Gasteiger partial charge in [0.2, 0.25) is 5.91 Å². The highest BCUT2D eigenvalue weighted by Crippen LogP contribution is 2.44. The fraction of sp³-hybridized carbons (Fsp3) is 0.304. The summed E-state index contributed by atoms with van der Waals surface area (Å²) in [5.74, 6) is -2.70. The molecule has 2 aliphatic rings. The van der Waals surface area contributed by atoms with E-state index in [4.69, 9.17) is 4.74 Å². The number of amides is 3. The number of nitrogens with one attached hydrogen (secondary N) is 2. The van der Waals surface area contributed by atoms with Crippen molar-refractivity contribution in [3.63, 3.8) is 0 Å². The zero-order valence-corrected chi connectivity index (χ0v) is 17.4. The molecule has 2 atom stereocenters. The summed E-state index contributed by atoms with van der Waals surface area (Å²) in [6.07, 6.45) is -0.922. The van der Waals surface area contributed by atoms with Gasteiger partial charge in [-0.3, -0.25) is 15.0 Å². The third-order valence-corrected chi connectivity index (χ3v) is 5.80. The molecular weight excluding hydrogens is 414 g/mol. The molecule has 2 aromatic rings. The van der Waals surface area contributed by atoms with Gasteiger partial charge in [0.05, 0.1) is 6.42 Å². The summed E-state index contributed by atoms with van der Waals surface area (Å²) in [6.45, 7) is 1.75. The van der Waals surface area contributed by atoms with Gasteiger partial charge in [-0.15, -0.1) is 0 Å². The minimum atomic E-state index is -1.31. The first kappa shape index (κ1) is 21.4. The minimum Gasteiger partial charge on any atom is -0.480 e. The maximum absolute atomic E-state index is 12.7. The highest BCUT2D eigenvalue weighted by atomic mass is 16.5. The third-order valence-electron chi connectivity index (χ3n) is 5.80. The Labute approximate surface area is 184 Å². The Kier molecular flexibility index (Phi) is 5.81. The molecule has 1 aliphatic carbocycles. The summed E-state index contributed by atoms with van der Waals surface area (Å²) in [5.41, 5.74) is 6.57. The maximum atomic E-state index is 12.7. The second-order valence-electron chi connectivity index (χ2n) is 7.73. The van der Waals surface area contributed by atoms with Crippen molar-refractivity contribution in [2.75, 3.05) is 6.61 Å². The number of nitrogens with zero attached hydrogens (tertiary/aromatic N) is 1. The standard InChI is InChI=1S/C23H23N3O6/c1-2-18(21(28)26-19(22(29)30)11-20(27)25-26)24-23(31)32-12-17-15-9-5-3-7-13(15)14-8-4-6-10-16(14)17/h3-10,17-19H,2,11-12H2,1H3,(H,24,31)(H,25,27)(H,29,30)/t18-,19?/m1/s1. The molecule has 3 amide bonds. The molecule has 0 radical (unpaired) electrons. The van der Waals surface area contributed by atoms with E-state index in [1.165, 1.54) is 0 Å². The lowest BCUT2D eigenvalue weighted by Gasteiger charge is -2.25. The first-order chi connectivity index (χ1) is 15.4. The molecule has 3 N–H and O–H groups in total. The van der Waals surface area contributed by atoms with Crippen LogP contribution in [0, 0.1) is 0 Å². The van der Waals surface area contributed by atoms with E-state index in [9.17, 15) is 24.3 Å². The van der Waals surface area contributed by atoms with E-state index >= 15 is 0 Å². The van der Waals surface area contributed by atoms with Crippen LogP contribution in [0.1, 0.15) is 36.8 Å². The maximum Gasteiger partial charge on any atom is 0.407 e. The molecule has 1 fully saturated rings. The molecule has 4 rings (SSSR count). The first-order valence-corrected chi connectivity index (χ1v) is 10.4. The van der Waals surface area contributed by atoms with Crippen molar-refractivity contribution in [3.8, 4) is 11.1 Å². The average molecular weight is 437 g/mol. The van der Waals surface area contributed by atoms with Gasteiger partial charge in [-0.25, -0.2) is 14.6 Å². The lowest BCUT2D eigenvalue weighted by molar-refractivity contribution is -0.151. The topological polar surface area (TPSA) is 125 Å². The van der Waals surface area contributed by atoms with E-state index in [0.29, 0.717) is 0 Å². The summed E-state index contributed by atoms with van der Waals surface area (Å²) in [6, 6.07) is 13.5. The quantitative estimate of drug-likeness (QED) is 0.635. The molecule has 166 valence electrons. The lowest BCUT2D eigenvalue weighted by atomic mass is 9.98. The van der Waals surface area contributed by atoms with Crippen LogP contribution in [0.5, 0.6) is 0 Å². The molecule has 9 nitrogen and oxygen atoms in total. The van der Waals surface area contributed by atoms with Crippen molar-refractivity contribution in [1.29, 1.82) is 0 Å². The van der Waals surface area contributed by atoms with Crippen LogP contribution >= 0.6 is 0 Å². The number of carboxylic acids is 1. The zero-order chi connectivity index (χ0) is 22.8. The Morgan fingerprint density at radius 2 is 1.72 bits per heavy atom. The number of hydrogen-bond donors (Lipinski definition) is 3. The number of carbonyl (C=O) groups excluding carboxylic acids is 3. The second kappa shape index (κ2) is 8.70. The summed E-state index contributed by atoms with van der Waals surface area (Å²) in [7, 11) is 0. The van der Waals surface area contributed by atoms with Crippen LogP contribution in [-0.2, 0) is 19.1 Å². The van der Waals surface area contributed by atoms with Crippen molar-refractivity contribution in [3.05, 3.63) is 59.7 Å². The molecule has 1 heterocycles. The largest absolute Gasteiger partial charge is 0.480 e. The molecule has 1 unspecified atom stereocenters. The molecule has 1 saturated heterocycles. The SMILES string of the molecule is CC[C@@H](NC(=O)OCC1c2ccccc2-c2ccccc21)C(=O)N1NC(=O)CC1C(=O)O. The number of rotatable bonds is 6.